The van der Waals surface area contributed by atoms with Crippen molar-refractivity contribution in [3.8, 4) is 0 Å². The monoisotopic (exact) mass is 254 g/mol. The molecule has 19 heavy (non-hydrogen) atoms. The van der Waals surface area contributed by atoms with Gasteiger partial charge in [0, 0.05) is 17.8 Å². The predicted octanol–water partition coefficient (Wildman–Crippen LogP) is 2.82. The quantitative estimate of drug-likeness (QED) is 0.827. The van der Waals surface area contributed by atoms with Crippen molar-refractivity contribution in [3.63, 3.8) is 0 Å². The van der Waals surface area contributed by atoms with Crippen LogP contribution in [0.15, 0.2) is 42.5 Å². The van der Waals surface area contributed by atoms with Crippen molar-refractivity contribution in [2.24, 2.45) is 0 Å². The van der Waals surface area contributed by atoms with Gasteiger partial charge in [-0.1, -0.05) is 29.8 Å². The summed E-state index contributed by atoms with van der Waals surface area (Å²) >= 11 is 0. The van der Waals surface area contributed by atoms with Crippen LogP contribution in [0.1, 0.15) is 27.0 Å². The summed E-state index contributed by atoms with van der Waals surface area (Å²) in [4.78, 5) is 12.1. The Balaban J connectivity index is 2.07. The summed E-state index contributed by atoms with van der Waals surface area (Å²) in [6, 6.07) is 13.4. The molecule has 3 heteroatoms. The standard InChI is InChI=1S/C16H18N2O/c1-11-6-7-12(2)15(8-11)16(19)18-10-13-4-3-5-14(17)9-13/h3-9H,10,17H2,1-2H3,(H,18,19). The van der Waals surface area contributed by atoms with Crippen molar-refractivity contribution in [2.45, 2.75) is 20.4 Å². The van der Waals surface area contributed by atoms with Gasteiger partial charge in [-0.2, -0.15) is 0 Å². The maximum atomic E-state index is 12.1. The highest BCUT2D eigenvalue weighted by atomic mass is 16.1. The van der Waals surface area contributed by atoms with Crippen LogP contribution in [-0.4, -0.2) is 5.91 Å². The van der Waals surface area contributed by atoms with Gasteiger partial charge in [-0.3, -0.25) is 4.79 Å². The van der Waals surface area contributed by atoms with Crippen LogP contribution in [0.3, 0.4) is 0 Å². The SMILES string of the molecule is Cc1ccc(C)c(C(=O)NCc2cccc(N)c2)c1. The third kappa shape index (κ3) is 3.35. The van der Waals surface area contributed by atoms with Gasteiger partial charge in [-0.25, -0.2) is 0 Å². The second-order valence-corrected chi connectivity index (χ2v) is 4.75. The Morgan fingerprint density at radius 1 is 1.16 bits per heavy atom. The Hall–Kier alpha value is -2.29. The van der Waals surface area contributed by atoms with E-state index in [0.717, 1.165) is 22.3 Å². The number of hydrogen-bond acceptors (Lipinski definition) is 2. The van der Waals surface area contributed by atoms with Crippen LogP contribution in [0, 0.1) is 13.8 Å². The fourth-order valence-electron chi connectivity index (χ4n) is 1.96. The molecule has 3 nitrogen and oxygen atoms in total. The molecule has 0 aromatic heterocycles. The average Bonchev–Trinajstić information content (AvgIpc) is 2.39. The normalized spacial score (nSPS) is 10.2. The van der Waals surface area contributed by atoms with Crippen LogP contribution in [0.25, 0.3) is 0 Å². The van der Waals surface area contributed by atoms with Gasteiger partial charge in [0.15, 0.2) is 0 Å². The highest BCUT2D eigenvalue weighted by Crippen LogP contribution is 2.11. The molecule has 0 radical (unpaired) electrons. The molecule has 2 rings (SSSR count). The van der Waals surface area contributed by atoms with Crippen molar-refractivity contribution in [2.75, 3.05) is 5.73 Å². The molecule has 0 aliphatic rings. The lowest BCUT2D eigenvalue weighted by Crippen LogP contribution is -2.23. The number of hydrogen-bond donors (Lipinski definition) is 2. The first-order valence-corrected chi connectivity index (χ1v) is 6.26. The van der Waals surface area contributed by atoms with E-state index in [1.807, 2.05) is 56.3 Å². The molecule has 0 aliphatic heterocycles. The zero-order valence-electron chi connectivity index (χ0n) is 11.2. The first-order valence-electron chi connectivity index (χ1n) is 6.26. The van der Waals surface area contributed by atoms with Gasteiger partial charge >= 0.3 is 0 Å². The van der Waals surface area contributed by atoms with E-state index in [9.17, 15) is 4.79 Å². The van der Waals surface area contributed by atoms with Gasteiger partial charge in [0.25, 0.3) is 5.91 Å². The van der Waals surface area contributed by atoms with Gasteiger partial charge in [0.2, 0.25) is 0 Å². The van der Waals surface area contributed by atoms with E-state index >= 15 is 0 Å². The summed E-state index contributed by atoms with van der Waals surface area (Å²) in [6.45, 7) is 4.40. The van der Waals surface area contributed by atoms with Crippen molar-refractivity contribution < 1.29 is 4.79 Å². The van der Waals surface area contributed by atoms with Gasteiger partial charge in [-0.15, -0.1) is 0 Å². The highest BCUT2D eigenvalue weighted by Gasteiger charge is 2.08. The number of nitrogens with two attached hydrogens (primary N) is 1. The lowest BCUT2D eigenvalue weighted by atomic mass is 10.0. The molecule has 0 fully saturated rings. The third-order valence-electron chi connectivity index (χ3n) is 3.04. The first kappa shape index (κ1) is 13.1. The number of nitrogens with one attached hydrogen (secondary N) is 1. The van der Waals surface area contributed by atoms with Crippen LogP contribution in [-0.2, 0) is 6.54 Å². The van der Waals surface area contributed by atoms with Gasteiger partial charge in [0.05, 0.1) is 0 Å². The lowest BCUT2D eigenvalue weighted by molar-refractivity contribution is 0.0950. The van der Waals surface area contributed by atoms with Gasteiger partial charge in [-0.05, 0) is 43.2 Å². The van der Waals surface area contributed by atoms with Crippen molar-refractivity contribution >= 4 is 11.6 Å². The van der Waals surface area contributed by atoms with Crippen molar-refractivity contribution in [1.82, 2.24) is 5.32 Å². The molecule has 0 spiro atoms. The Bertz CT molecular complexity index is 605. The molecule has 1 amide bonds. The molecule has 2 aromatic carbocycles. The Kier molecular flexibility index (Phi) is 3.85. The van der Waals surface area contributed by atoms with Crippen LogP contribution in [0.4, 0.5) is 5.69 Å². The van der Waals surface area contributed by atoms with Crippen LogP contribution >= 0.6 is 0 Å². The molecule has 3 N–H and O–H groups in total. The maximum Gasteiger partial charge on any atom is 0.251 e. The fourth-order valence-corrected chi connectivity index (χ4v) is 1.96. The molecule has 0 unspecified atom stereocenters. The number of carbonyl (C=O) groups is 1. The molecule has 98 valence electrons. The van der Waals surface area contributed by atoms with Crippen LogP contribution in [0.5, 0.6) is 0 Å². The molecular weight excluding hydrogens is 236 g/mol. The Labute approximate surface area is 113 Å². The second-order valence-electron chi connectivity index (χ2n) is 4.75. The van der Waals surface area contributed by atoms with E-state index in [-0.39, 0.29) is 5.91 Å². The Morgan fingerprint density at radius 2 is 1.95 bits per heavy atom. The Morgan fingerprint density at radius 3 is 2.68 bits per heavy atom. The lowest BCUT2D eigenvalue weighted by Gasteiger charge is -2.09. The number of benzene rings is 2. The molecular formula is C16H18N2O. The topological polar surface area (TPSA) is 55.1 Å². The third-order valence-corrected chi connectivity index (χ3v) is 3.04. The van der Waals surface area contributed by atoms with Crippen molar-refractivity contribution in [1.29, 1.82) is 0 Å². The summed E-state index contributed by atoms with van der Waals surface area (Å²) in [7, 11) is 0. The summed E-state index contributed by atoms with van der Waals surface area (Å²) < 4.78 is 0. The molecule has 2 aromatic rings. The minimum atomic E-state index is -0.0522. The van der Waals surface area contributed by atoms with E-state index in [0.29, 0.717) is 12.2 Å². The molecule has 0 heterocycles. The molecule has 0 atom stereocenters. The van der Waals surface area contributed by atoms with Crippen LogP contribution in [0.2, 0.25) is 0 Å². The number of rotatable bonds is 3. The maximum absolute atomic E-state index is 12.1. The summed E-state index contributed by atoms with van der Waals surface area (Å²) in [6.07, 6.45) is 0. The molecule has 0 saturated heterocycles. The predicted molar refractivity (Wildman–Crippen MR) is 77.9 cm³/mol. The van der Waals surface area contributed by atoms with Gasteiger partial charge < -0.3 is 11.1 Å². The van der Waals surface area contributed by atoms with E-state index in [1.54, 1.807) is 0 Å². The van der Waals surface area contributed by atoms with Gasteiger partial charge in [0.1, 0.15) is 0 Å². The minimum Gasteiger partial charge on any atom is -0.399 e. The molecule has 0 saturated carbocycles. The summed E-state index contributed by atoms with van der Waals surface area (Å²) in [5, 5.41) is 2.92. The molecule has 0 bridgehead atoms. The summed E-state index contributed by atoms with van der Waals surface area (Å²) in [5.74, 6) is -0.0522. The highest BCUT2D eigenvalue weighted by molar-refractivity contribution is 5.95. The number of nitrogen functional groups attached to an aromatic ring is 1. The van der Waals surface area contributed by atoms with E-state index in [1.165, 1.54) is 0 Å². The number of aryl methyl sites for hydroxylation is 2. The fraction of sp³-hybridized carbons (Fsp3) is 0.188. The zero-order valence-corrected chi connectivity index (χ0v) is 11.2. The van der Waals surface area contributed by atoms with Crippen LogP contribution < -0.4 is 11.1 Å². The average molecular weight is 254 g/mol. The van der Waals surface area contributed by atoms with E-state index in [2.05, 4.69) is 5.32 Å². The largest absolute Gasteiger partial charge is 0.399 e. The van der Waals surface area contributed by atoms with E-state index in [4.69, 9.17) is 5.73 Å². The van der Waals surface area contributed by atoms with E-state index < -0.39 is 0 Å². The second kappa shape index (κ2) is 5.57. The number of carbonyl (C=O) groups excluding carboxylic acids is 1. The minimum absolute atomic E-state index is 0.0522. The summed E-state index contributed by atoms with van der Waals surface area (Å²) in [5.41, 5.74) is 10.2. The molecule has 0 aliphatic carbocycles. The number of anilines is 1. The smallest absolute Gasteiger partial charge is 0.251 e. The zero-order chi connectivity index (χ0) is 13.8. The number of amides is 1. The first-order chi connectivity index (χ1) is 9.06. The van der Waals surface area contributed by atoms with Crippen molar-refractivity contribution in [3.05, 3.63) is 64.7 Å².